The minimum absolute atomic E-state index is 0.202. The Morgan fingerprint density at radius 1 is 1.08 bits per heavy atom. The van der Waals surface area contributed by atoms with E-state index in [1.54, 1.807) is 44.2 Å². The molecule has 0 saturated carbocycles. The molecule has 9 heteroatoms. The van der Waals surface area contributed by atoms with Crippen LogP contribution in [0.2, 0.25) is 5.02 Å². The van der Waals surface area contributed by atoms with Gasteiger partial charge in [0.1, 0.15) is 5.82 Å². The summed E-state index contributed by atoms with van der Waals surface area (Å²) < 4.78 is 81.5. The molecule has 0 heterocycles. The van der Waals surface area contributed by atoms with Crippen LogP contribution in [0.25, 0.3) is 11.6 Å². The zero-order valence-electron chi connectivity index (χ0n) is 19.4. The van der Waals surface area contributed by atoms with Crippen molar-refractivity contribution >= 4 is 33.1 Å². The van der Waals surface area contributed by atoms with Gasteiger partial charge in [0.2, 0.25) is 0 Å². The molecule has 4 rings (SSSR count). The van der Waals surface area contributed by atoms with Crippen LogP contribution in [-0.2, 0) is 22.4 Å². The molecule has 0 bridgehead atoms. The van der Waals surface area contributed by atoms with Crippen LogP contribution in [-0.4, -0.2) is 19.6 Å². The quantitative estimate of drug-likeness (QED) is 0.284. The van der Waals surface area contributed by atoms with Gasteiger partial charge in [0.15, 0.2) is 9.84 Å². The molecule has 3 aromatic carbocycles. The van der Waals surface area contributed by atoms with E-state index in [4.69, 9.17) is 11.6 Å². The number of aliphatic hydroxyl groups is 1. The van der Waals surface area contributed by atoms with E-state index in [0.717, 1.165) is 18.2 Å². The number of hydrogen-bond donors (Lipinski definition) is 1. The van der Waals surface area contributed by atoms with E-state index in [0.29, 0.717) is 28.3 Å². The summed E-state index contributed by atoms with van der Waals surface area (Å²) in [5.74, 6) is -1.28. The molecule has 1 aliphatic carbocycles. The van der Waals surface area contributed by atoms with Gasteiger partial charge in [-0.3, -0.25) is 0 Å². The lowest BCUT2D eigenvalue weighted by molar-refractivity contribution is -0.137. The SMILES string of the molecule is C/C(=C\c1ccc2c(c1)C(S(=O)(=O)c1cccc(C(F)(F)F)c1)[C@H](C)[C@H](O)C2)c1c(F)cccc1Cl. The number of halogens is 5. The normalized spacial score (nSPS) is 20.8. The van der Waals surface area contributed by atoms with E-state index in [-0.39, 0.29) is 17.0 Å². The van der Waals surface area contributed by atoms with Gasteiger partial charge in [-0.1, -0.05) is 54.9 Å². The largest absolute Gasteiger partial charge is 0.416 e. The monoisotopic (exact) mass is 538 g/mol. The van der Waals surface area contributed by atoms with Crippen molar-refractivity contribution in [3.05, 3.63) is 99.3 Å². The third-order valence-electron chi connectivity index (χ3n) is 6.55. The average molecular weight is 539 g/mol. The summed E-state index contributed by atoms with van der Waals surface area (Å²) in [5.41, 5.74) is 1.21. The van der Waals surface area contributed by atoms with Gasteiger partial charge in [-0.05, 0) is 65.9 Å². The van der Waals surface area contributed by atoms with E-state index in [1.165, 1.54) is 12.1 Å². The number of aliphatic hydroxyl groups excluding tert-OH is 1. The second-order valence-electron chi connectivity index (χ2n) is 9.00. The van der Waals surface area contributed by atoms with Crippen LogP contribution >= 0.6 is 11.6 Å². The summed E-state index contributed by atoms with van der Waals surface area (Å²) in [6.07, 6.45) is -3.84. The van der Waals surface area contributed by atoms with Gasteiger partial charge in [-0.2, -0.15) is 13.2 Å². The fourth-order valence-electron chi connectivity index (χ4n) is 4.69. The minimum Gasteiger partial charge on any atom is -0.392 e. The maximum Gasteiger partial charge on any atom is 0.416 e. The molecule has 0 aromatic heterocycles. The topological polar surface area (TPSA) is 54.4 Å². The van der Waals surface area contributed by atoms with Gasteiger partial charge < -0.3 is 5.11 Å². The molecule has 0 spiro atoms. The Morgan fingerprint density at radius 3 is 2.44 bits per heavy atom. The molecule has 1 unspecified atom stereocenters. The van der Waals surface area contributed by atoms with Crippen LogP contribution in [0.5, 0.6) is 0 Å². The second-order valence-corrected chi connectivity index (χ2v) is 11.5. The maximum atomic E-state index is 14.4. The number of hydrogen-bond acceptors (Lipinski definition) is 3. The summed E-state index contributed by atoms with van der Waals surface area (Å²) in [7, 11) is -4.31. The number of allylic oxidation sites excluding steroid dienone is 1. The first-order chi connectivity index (χ1) is 16.8. The lowest BCUT2D eigenvalue weighted by atomic mass is 9.81. The summed E-state index contributed by atoms with van der Waals surface area (Å²) in [4.78, 5) is -0.468. The highest BCUT2D eigenvalue weighted by molar-refractivity contribution is 7.91. The van der Waals surface area contributed by atoms with Crippen LogP contribution in [0.1, 0.15) is 46.9 Å². The van der Waals surface area contributed by atoms with Gasteiger partial charge in [0.05, 0.1) is 26.8 Å². The van der Waals surface area contributed by atoms with Gasteiger partial charge in [-0.15, -0.1) is 0 Å². The lowest BCUT2D eigenvalue weighted by Gasteiger charge is -2.35. The van der Waals surface area contributed by atoms with E-state index >= 15 is 0 Å². The van der Waals surface area contributed by atoms with Crippen LogP contribution in [0.15, 0.2) is 65.6 Å². The molecule has 0 amide bonds. The Hall–Kier alpha value is -2.68. The molecular formula is C27H23ClF4O3S. The number of benzene rings is 3. The molecule has 1 aliphatic rings. The number of sulfone groups is 1. The summed E-state index contributed by atoms with van der Waals surface area (Å²) in [5, 5.41) is 9.55. The minimum atomic E-state index is -4.70. The Morgan fingerprint density at radius 2 is 1.78 bits per heavy atom. The van der Waals surface area contributed by atoms with Crippen molar-refractivity contribution in [3.8, 4) is 0 Å². The molecule has 0 fully saturated rings. The predicted octanol–water partition coefficient (Wildman–Crippen LogP) is 7.13. The van der Waals surface area contributed by atoms with Gasteiger partial charge in [0.25, 0.3) is 0 Å². The fraction of sp³-hybridized carbons (Fsp3) is 0.259. The highest BCUT2D eigenvalue weighted by Crippen LogP contribution is 2.44. The van der Waals surface area contributed by atoms with Crippen LogP contribution < -0.4 is 0 Å². The third kappa shape index (κ3) is 4.94. The molecule has 3 atom stereocenters. The Bertz CT molecular complexity index is 1430. The molecule has 3 nitrogen and oxygen atoms in total. The number of fused-ring (bicyclic) bond motifs is 1. The predicted molar refractivity (Wildman–Crippen MR) is 132 cm³/mol. The molecule has 36 heavy (non-hydrogen) atoms. The smallest absolute Gasteiger partial charge is 0.392 e. The van der Waals surface area contributed by atoms with Crippen LogP contribution in [0, 0.1) is 11.7 Å². The van der Waals surface area contributed by atoms with Gasteiger partial charge >= 0.3 is 6.18 Å². The standard InChI is InChI=1S/C27H23ClF4O3S/c1-15(25-22(28)7-4-8-23(25)29)11-17-9-10-18-13-24(33)16(2)26(21(18)12-17)36(34,35)20-6-3-5-19(14-20)27(30,31)32/h3-12,14,16,24,26,33H,13H2,1-2H3/b15-11+/t16-,24-,26?/m1/s1. The van der Waals surface area contributed by atoms with E-state index in [2.05, 4.69) is 0 Å². The summed E-state index contributed by atoms with van der Waals surface area (Å²) in [6, 6.07) is 13.0. The summed E-state index contributed by atoms with van der Waals surface area (Å²) in [6.45, 7) is 3.24. The zero-order chi connectivity index (χ0) is 26.4. The second kappa shape index (κ2) is 9.65. The van der Waals surface area contributed by atoms with E-state index < -0.39 is 49.6 Å². The Kier molecular flexibility index (Phi) is 7.07. The van der Waals surface area contributed by atoms with Crippen molar-refractivity contribution < 1.29 is 31.1 Å². The maximum absolute atomic E-state index is 14.4. The number of alkyl halides is 3. The van der Waals surface area contributed by atoms with Gasteiger partial charge in [0, 0.05) is 11.5 Å². The fourth-order valence-corrected chi connectivity index (χ4v) is 7.16. The van der Waals surface area contributed by atoms with Crippen molar-refractivity contribution in [3.63, 3.8) is 0 Å². The highest BCUT2D eigenvalue weighted by atomic mass is 35.5. The van der Waals surface area contributed by atoms with Crippen molar-refractivity contribution in [1.29, 1.82) is 0 Å². The molecule has 3 aromatic rings. The molecule has 190 valence electrons. The first-order valence-corrected chi connectivity index (χ1v) is 13.1. The van der Waals surface area contributed by atoms with E-state index in [9.17, 15) is 31.1 Å². The van der Waals surface area contributed by atoms with Crippen molar-refractivity contribution in [1.82, 2.24) is 0 Å². The van der Waals surface area contributed by atoms with Crippen molar-refractivity contribution in [2.75, 3.05) is 0 Å². The first kappa shape index (κ1) is 26.4. The molecular weight excluding hydrogens is 516 g/mol. The number of rotatable bonds is 4. The van der Waals surface area contributed by atoms with Crippen LogP contribution in [0.4, 0.5) is 17.6 Å². The van der Waals surface area contributed by atoms with Crippen molar-refractivity contribution in [2.24, 2.45) is 5.92 Å². The molecule has 0 aliphatic heterocycles. The average Bonchev–Trinajstić information content (AvgIpc) is 2.79. The molecule has 0 saturated heterocycles. The van der Waals surface area contributed by atoms with E-state index in [1.807, 2.05) is 0 Å². The third-order valence-corrected chi connectivity index (χ3v) is 9.13. The van der Waals surface area contributed by atoms with Crippen molar-refractivity contribution in [2.45, 2.75) is 42.7 Å². The highest BCUT2D eigenvalue weighted by Gasteiger charge is 2.42. The molecule has 1 N–H and O–H groups in total. The summed E-state index contributed by atoms with van der Waals surface area (Å²) >= 11 is 6.17. The first-order valence-electron chi connectivity index (χ1n) is 11.2. The lowest BCUT2D eigenvalue weighted by Crippen LogP contribution is -2.36. The van der Waals surface area contributed by atoms with Crippen LogP contribution in [0.3, 0.4) is 0 Å². The molecule has 0 radical (unpaired) electrons. The Labute approximate surface area is 212 Å². The Balaban J connectivity index is 1.83. The zero-order valence-corrected chi connectivity index (χ0v) is 20.9. The van der Waals surface area contributed by atoms with Gasteiger partial charge in [-0.25, -0.2) is 12.8 Å².